The summed E-state index contributed by atoms with van der Waals surface area (Å²) in [4.78, 5) is 5.15. The predicted molar refractivity (Wildman–Crippen MR) is 152 cm³/mol. The quantitative estimate of drug-likeness (QED) is 0.311. The summed E-state index contributed by atoms with van der Waals surface area (Å²) in [5.74, 6) is 1.12. The second-order valence-electron chi connectivity index (χ2n) is 10.8. The molecule has 0 saturated carbocycles. The molecule has 3 heterocycles. The third-order valence-electron chi connectivity index (χ3n) is 8.05. The van der Waals surface area contributed by atoms with Crippen LogP contribution in [0, 0.1) is 5.92 Å². The van der Waals surface area contributed by atoms with E-state index in [-0.39, 0.29) is 0 Å². The Morgan fingerprint density at radius 2 is 1.67 bits per heavy atom. The lowest BCUT2D eigenvalue weighted by Crippen LogP contribution is -2.46. The van der Waals surface area contributed by atoms with Crippen molar-refractivity contribution in [2.45, 2.75) is 50.2 Å². The molecule has 3 aromatic rings. The Bertz CT molecular complexity index is 1080. The number of hydrogen-bond acceptors (Lipinski definition) is 4. The molecule has 2 fully saturated rings. The van der Waals surface area contributed by atoms with Crippen molar-refractivity contribution in [2.75, 3.05) is 32.7 Å². The van der Waals surface area contributed by atoms with Crippen molar-refractivity contribution in [3.63, 3.8) is 0 Å². The minimum absolute atomic E-state index is 0.508. The first-order valence-electron chi connectivity index (χ1n) is 13.1. The van der Waals surface area contributed by atoms with E-state index in [1.807, 2.05) is 12.1 Å². The van der Waals surface area contributed by atoms with Gasteiger partial charge in [-0.1, -0.05) is 53.5 Å². The lowest BCUT2D eigenvalue weighted by atomic mass is 9.84. The summed E-state index contributed by atoms with van der Waals surface area (Å²) in [6.45, 7) is 6.06. The topological polar surface area (TPSA) is 26.7 Å². The number of hydrogen-bond donors (Lipinski definition) is 1. The highest BCUT2D eigenvalue weighted by molar-refractivity contribution is 7.08. The van der Waals surface area contributed by atoms with E-state index in [4.69, 9.17) is 23.2 Å². The van der Waals surface area contributed by atoms with Crippen LogP contribution in [0.3, 0.4) is 0 Å². The van der Waals surface area contributed by atoms with Gasteiger partial charge in [0.15, 0.2) is 0 Å². The number of benzene rings is 2. The third-order valence-corrected chi connectivity index (χ3v) is 9.18. The zero-order chi connectivity index (χ0) is 25.0. The summed E-state index contributed by atoms with van der Waals surface area (Å²) in [6.07, 6.45) is 4.74. The Balaban J connectivity index is 1.15. The molecule has 2 aliphatic heterocycles. The van der Waals surface area contributed by atoms with E-state index in [2.05, 4.69) is 57.0 Å². The largest absolute Gasteiger partial charge is 0.390 e. The number of rotatable bonds is 9. The molecular weight excluding hydrogens is 507 g/mol. The van der Waals surface area contributed by atoms with Crippen LogP contribution >= 0.6 is 34.5 Å². The predicted octanol–water partition coefficient (Wildman–Crippen LogP) is 7.12. The Morgan fingerprint density at radius 1 is 0.917 bits per heavy atom. The third kappa shape index (κ3) is 6.92. The molecule has 0 spiro atoms. The molecule has 0 amide bonds. The molecule has 6 heteroatoms. The SMILES string of the molecule is OC1(CCCc2ccccc2)CCN(CC2CN(Cc3cc(Cl)cc(Cl)c3)CC2c2ccsc2)CC1. The molecule has 0 bridgehead atoms. The lowest BCUT2D eigenvalue weighted by Gasteiger charge is -2.39. The number of piperidine rings is 1. The molecule has 2 saturated heterocycles. The van der Waals surface area contributed by atoms with Gasteiger partial charge >= 0.3 is 0 Å². The molecule has 2 aliphatic rings. The van der Waals surface area contributed by atoms with Gasteiger partial charge < -0.3 is 10.0 Å². The summed E-state index contributed by atoms with van der Waals surface area (Å²) in [7, 11) is 0. The Labute approximate surface area is 229 Å². The molecule has 0 aliphatic carbocycles. The smallest absolute Gasteiger partial charge is 0.0672 e. The molecule has 0 radical (unpaired) electrons. The van der Waals surface area contributed by atoms with Gasteiger partial charge in [-0.2, -0.15) is 11.3 Å². The molecule has 1 N–H and O–H groups in total. The van der Waals surface area contributed by atoms with Crippen LogP contribution in [0.2, 0.25) is 10.0 Å². The van der Waals surface area contributed by atoms with Gasteiger partial charge in [-0.05, 0) is 89.7 Å². The van der Waals surface area contributed by atoms with E-state index in [9.17, 15) is 5.11 Å². The van der Waals surface area contributed by atoms with Crippen molar-refractivity contribution < 1.29 is 5.11 Å². The summed E-state index contributed by atoms with van der Waals surface area (Å²) in [5.41, 5.74) is 3.50. The van der Waals surface area contributed by atoms with Gasteiger partial charge in [0.1, 0.15) is 0 Å². The molecule has 2 atom stereocenters. The van der Waals surface area contributed by atoms with Crippen LogP contribution in [0.15, 0.2) is 65.4 Å². The second kappa shape index (κ2) is 12.0. The molecule has 3 nitrogen and oxygen atoms in total. The second-order valence-corrected chi connectivity index (χ2v) is 12.4. The van der Waals surface area contributed by atoms with E-state index < -0.39 is 5.60 Å². The molecule has 5 rings (SSSR count). The van der Waals surface area contributed by atoms with E-state index in [0.29, 0.717) is 21.9 Å². The van der Waals surface area contributed by atoms with E-state index >= 15 is 0 Å². The van der Waals surface area contributed by atoms with Gasteiger partial charge in [-0.25, -0.2) is 0 Å². The Morgan fingerprint density at radius 3 is 2.36 bits per heavy atom. The summed E-state index contributed by atoms with van der Waals surface area (Å²) in [6, 6.07) is 18.8. The zero-order valence-electron chi connectivity index (χ0n) is 20.8. The zero-order valence-corrected chi connectivity index (χ0v) is 23.1. The van der Waals surface area contributed by atoms with Gasteiger partial charge in [0.05, 0.1) is 5.60 Å². The van der Waals surface area contributed by atoms with Gasteiger partial charge in [-0.15, -0.1) is 0 Å². The maximum Gasteiger partial charge on any atom is 0.0672 e. The number of likely N-dealkylation sites (tertiary alicyclic amines) is 2. The van der Waals surface area contributed by atoms with Gasteiger partial charge in [0, 0.05) is 55.2 Å². The van der Waals surface area contributed by atoms with Crippen LogP contribution < -0.4 is 0 Å². The van der Waals surface area contributed by atoms with Crippen LogP contribution in [0.4, 0.5) is 0 Å². The van der Waals surface area contributed by atoms with Crippen molar-refractivity contribution in [1.82, 2.24) is 9.80 Å². The van der Waals surface area contributed by atoms with Crippen LogP contribution in [0.5, 0.6) is 0 Å². The number of halogens is 2. The summed E-state index contributed by atoms with van der Waals surface area (Å²) in [5, 5.41) is 17.1. The number of thiophene rings is 1. The molecular formula is C30H36Cl2N2OS. The fraction of sp³-hybridized carbons (Fsp3) is 0.467. The average Bonchev–Trinajstić information content (AvgIpc) is 3.51. The van der Waals surface area contributed by atoms with E-state index in [0.717, 1.165) is 71.4 Å². The highest BCUT2D eigenvalue weighted by Crippen LogP contribution is 2.37. The van der Waals surface area contributed by atoms with Crippen LogP contribution in [0.1, 0.15) is 48.3 Å². The van der Waals surface area contributed by atoms with E-state index in [1.165, 1.54) is 16.7 Å². The van der Waals surface area contributed by atoms with E-state index in [1.54, 1.807) is 17.4 Å². The first kappa shape index (κ1) is 26.2. The standard InChI is InChI=1S/C30H36Cl2N2OS/c31-27-15-24(16-28(32)17-27)18-34-20-26(29(21-34)25-8-14-36-22-25)19-33-12-10-30(35,11-13-33)9-4-7-23-5-2-1-3-6-23/h1-3,5-6,8,14-17,22,26,29,35H,4,7,9-13,18-21H2. The van der Waals surface area contributed by atoms with Crippen molar-refractivity contribution in [2.24, 2.45) is 5.92 Å². The van der Waals surface area contributed by atoms with Crippen LogP contribution in [-0.4, -0.2) is 53.2 Å². The fourth-order valence-corrected chi connectivity index (χ4v) is 7.39. The van der Waals surface area contributed by atoms with Crippen molar-refractivity contribution in [3.8, 4) is 0 Å². The monoisotopic (exact) mass is 542 g/mol. The number of aryl methyl sites for hydroxylation is 1. The van der Waals surface area contributed by atoms with Crippen LogP contribution in [0.25, 0.3) is 0 Å². The fourth-order valence-electron chi connectivity index (χ4n) is 6.10. The minimum atomic E-state index is -0.508. The molecule has 2 aromatic carbocycles. The summed E-state index contributed by atoms with van der Waals surface area (Å²) < 4.78 is 0. The molecule has 36 heavy (non-hydrogen) atoms. The highest BCUT2D eigenvalue weighted by atomic mass is 35.5. The van der Waals surface area contributed by atoms with Crippen LogP contribution in [-0.2, 0) is 13.0 Å². The van der Waals surface area contributed by atoms with Crippen molar-refractivity contribution in [1.29, 1.82) is 0 Å². The first-order valence-corrected chi connectivity index (χ1v) is 14.8. The highest BCUT2D eigenvalue weighted by Gasteiger charge is 2.37. The van der Waals surface area contributed by atoms with Crippen molar-refractivity contribution >= 4 is 34.5 Å². The maximum atomic E-state index is 11.2. The van der Waals surface area contributed by atoms with Gasteiger partial charge in [-0.3, -0.25) is 4.90 Å². The minimum Gasteiger partial charge on any atom is -0.390 e. The summed E-state index contributed by atoms with van der Waals surface area (Å²) >= 11 is 14.3. The maximum absolute atomic E-state index is 11.2. The first-order chi connectivity index (χ1) is 17.5. The van der Waals surface area contributed by atoms with Gasteiger partial charge in [0.25, 0.3) is 0 Å². The normalized spacial score (nSPS) is 22.8. The number of nitrogens with zero attached hydrogens (tertiary/aromatic N) is 2. The molecule has 1 aromatic heterocycles. The Hall–Kier alpha value is -1.40. The lowest BCUT2D eigenvalue weighted by molar-refractivity contribution is -0.0316. The molecule has 192 valence electrons. The van der Waals surface area contributed by atoms with Gasteiger partial charge in [0.2, 0.25) is 0 Å². The Kier molecular flexibility index (Phi) is 8.72. The van der Waals surface area contributed by atoms with Crippen molar-refractivity contribution in [3.05, 3.63) is 92.1 Å². The number of aliphatic hydroxyl groups is 1. The average molecular weight is 544 g/mol. The molecule has 2 unspecified atom stereocenters.